The first-order chi connectivity index (χ1) is 14.8. The molecular formula is C25H35FN2O3. The van der Waals surface area contributed by atoms with Crippen molar-refractivity contribution in [2.75, 3.05) is 27.2 Å². The summed E-state index contributed by atoms with van der Waals surface area (Å²) in [6.45, 7) is 2.59. The highest BCUT2D eigenvalue weighted by molar-refractivity contribution is 5.84. The monoisotopic (exact) mass is 430 g/mol. The lowest BCUT2D eigenvalue weighted by atomic mass is 9.51. The summed E-state index contributed by atoms with van der Waals surface area (Å²) in [5.41, 5.74) is 1.81. The number of nitrogens with zero attached hydrogens (tertiary/aromatic N) is 1. The molecule has 6 heteroatoms. The standard InChI is InChI=1S/C25H35FN2O3/c1-4-19(17-26)18-31-21-7-5-20(6-8-21)24-10-13-25(14-11-24,15-12-24)23(30)27-16-9-22(29)28(2)3/h5-8,17H,4,9-16,18H2,1-3H3,(H,27,30)/b19-17+. The van der Waals surface area contributed by atoms with E-state index in [1.54, 1.807) is 19.0 Å². The number of fused-ring (bicyclic) bond motifs is 3. The summed E-state index contributed by atoms with van der Waals surface area (Å²) in [4.78, 5) is 26.2. The van der Waals surface area contributed by atoms with Gasteiger partial charge in [-0.15, -0.1) is 0 Å². The molecule has 3 saturated carbocycles. The molecule has 0 spiro atoms. The second-order valence-corrected chi connectivity index (χ2v) is 9.29. The van der Waals surface area contributed by atoms with Gasteiger partial charge in [0.1, 0.15) is 12.4 Å². The van der Waals surface area contributed by atoms with Crippen molar-refractivity contribution in [2.45, 2.75) is 63.7 Å². The fourth-order valence-electron chi connectivity index (χ4n) is 4.94. The van der Waals surface area contributed by atoms with Gasteiger partial charge in [-0.1, -0.05) is 19.1 Å². The van der Waals surface area contributed by atoms with Gasteiger partial charge in [0, 0.05) is 32.5 Å². The van der Waals surface area contributed by atoms with Crippen LogP contribution < -0.4 is 10.1 Å². The van der Waals surface area contributed by atoms with Crippen molar-refractivity contribution >= 4 is 11.8 Å². The topological polar surface area (TPSA) is 58.6 Å². The van der Waals surface area contributed by atoms with Crippen LogP contribution in [-0.2, 0) is 15.0 Å². The molecule has 0 radical (unpaired) electrons. The molecule has 3 aliphatic rings. The van der Waals surface area contributed by atoms with Gasteiger partial charge < -0.3 is 15.0 Å². The van der Waals surface area contributed by atoms with Gasteiger partial charge in [-0.3, -0.25) is 9.59 Å². The average molecular weight is 431 g/mol. The average Bonchev–Trinajstić information content (AvgIpc) is 2.81. The first-order valence-electron chi connectivity index (χ1n) is 11.3. The zero-order valence-electron chi connectivity index (χ0n) is 19.0. The van der Waals surface area contributed by atoms with E-state index in [1.165, 1.54) is 5.56 Å². The van der Waals surface area contributed by atoms with Gasteiger partial charge >= 0.3 is 0 Å². The summed E-state index contributed by atoms with van der Waals surface area (Å²) in [5, 5.41) is 3.01. The number of carbonyl (C=O) groups excluding carboxylic acids is 2. The lowest BCUT2D eigenvalue weighted by molar-refractivity contribution is -0.138. The fraction of sp³-hybridized carbons (Fsp3) is 0.600. The second kappa shape index (κ2) is 9.84. The number of benzene rings is 1. The smallest absolute Gasteiger partial charge is 0.226 e. The van der Waals surface area contributed by atoms with E-state index < -0.39 is 0 Å². The Morgan fingerprint density at radius 3 is 2.23 bits per heavy atom. The Morgan fingerprint density at radius 2 is 1.71 bits per heavy atom. The van der Waals surface area contributed by atoms with Crippen molar-refractivity contribution in [3.05, 3.63) is 41.7 Å². The summed E-state index contributed by atoms with van der Waals surface area (Å²) in [7, 11) is 3.46. The maximum absolute atomic E-state index is 12.9. The highest BCUT2D eigenvalue weighted by Crippen LogP contribution is 2.57. The highest BCUT2D eigenvalue weighted by atomic mass is 19.1. The van der Waals surface area contributed by atoms with E-state index in [2.05, 4.69) is 17.4 Å². The van der Waals surface area contributed by atoms with Gasteiger partial charge in [-0.05, 0) is 73.6 Å². The van der Waals surface area contributed by atoms with Crippen LogP contribution in [0.25, 0.3) is 0 Å². The summed E-state index contributed by atoms with van der Waals surface area (Å²) in [6, 6.07) is 8.21. The fourth-order valence-corrected chi connectivity index (χ4v) is 4.94. The molecule has 3 aliphatic carbocycles. The van der Waals surface area contributed by atoms with E-state index in [9.17, 15) is 14.0 Å². The summed E-state index contributed by atoms with van der Waals surface area (Å²) in [5.74, 6) is 0.896. The first kappa shape index (κ1) is 23.3. The lowest BCUT2D eigenvalue weighted by Crippen LogP contribution is -2.52. The van der Waals surface area contributed by atoms with Crippen LogP contribution in [0.2, 0.25) is 0 Å². The third-order valence-electron chi connectivity index (χ3n) is 7.35. The van der Waals surface area contributed by atoms with Crippen molar-refractivity contribution in [3.63, 3.8) is 0 Å². The molecule has 0 saturated heterocycles. The van der Waals surface area contributed by atoms with Gasteiger partial charge in [0.15, 0.2) is 0 Å². The number of carbonyl (C=O) groups is 2. The third kappa shape index (κ3) is 5.10. The van der Waals surface area contributed by atoms with E-state index in [0.717, 1.165) is 44.3 Å². The van der Waals surface area contributed by atoms with Crippen molar-refractivity contribution in [2.24, 2.45) is 5.41 Å². The molecule has 2 amide bonds. The van der Waals surface area contributed by atoms with Crippen molar-refractivity contribution < 1.29 is 18.7 Å². The minimum absolute atomic E-state index is 0.0307. The molecule has 5 nitrogen and oxygen atoms in total. The van der Waals surface area contributed by atoms with Crippen LogP contribution in [0.5, 0.6) is 5.75 Å². The van der Waals surface area contributed by atoms with Gasteiger partial charge in [-0.25, -0.2) is 4.39 Å². The minimum Gasteiger partial charge on any atom is -0.489 e. The Morgan fingerprint density at radius 1 is 1.10 bits per heavy atom. The quantitative estimate of drug-likeness (QED) is 0.627. The molecule has 31 heavy (non-hydrogen) atoms. The molecule has 170 valence electrons. The second-order valence-electron chi connectivity index (χ2n) is 9.29. The Kier molecular flexibility index (Phi) is 7.39. The zero-order chi connectivity index (χ0) is 22.5. The molecule has 0 aliphatic heterocycles. The van der Waals surface area contributed by atoms with Gasteiger partial charge in [0.25, 0.3) is 0 Å². The van der Waals surface area contributed by atoms with Crippen LogP contribution >= 0.6 is 0 Å². The number of hydrogen-bond donors (Lipinski definition) is 1. The van der Waals surface area contributed by atoms with E-state index in [-0.39, 0.29) is 29.3 Å². The molecule has 0 heterocycles. The lowest BCUT2D eigenvalue weighted by Gasteiger charge is -2.52. The molecule has 0 atom stereocenters. The Labute approximate surface area is 185 Å². The molecule has 4 rings (SSSR count). The number of rotatable bonds is 9. The van der Waals surface area contributed by atoms with Crippen LogP contribution in [0.1, 0.15) is 63.9 Å². The third-order valence-corrected chi connectivity index (χ3v) is 7.35. The Bertz CT molecular complexity index is 792. The molecule has 0 unspecified atom stereocenters. The van der Waals surface area contributed by atoms with Crippen LogP contribution in [0.15, 0.2) is 36.2 Å². The number of halogens is 1. The Balaban J connectivity index is 1.55. The molecule has 1 aromatic carbocycles. The molecule has 0 aromatic heterocycles. The summed E-state index contributed by atoms with van der Waals surface area (Å²) in [6.07, 6.45) is 7.28. The predicted molar refractivity (Wildman–Crippen MR) is 120 cm³/mol. The van der Waals surface area contributed by atoms with Gasteiger partial charge in [0.05, 0.1) is 6.33 Å². The van der Waals surface area contributed by atoms with E-state index in [1.807, 2.05) is 19.1 Å². The molecule has 1 N–H and O–H groups in total. The molecule has 3 fully saturated rings. The van der Waals surface area contributed by atoms with Crippen LogP contribution in [0, 0.1) is 5.41 Å². The van der Waals surface area contributed by atoms with Crippen molar-refractivity contribution in [1.82, 2.24) is 10.2 Å². The maximum atomic E-state index is 12.9. The van der Waals surface area contributed by atoms with E-state index in [4.69, 9.17) is 4.74 Å². The number of amides is 2. The zero-order valence-corrected chi connectivity index (χ0v) is 19.0. The SMILES string of the molecule is CC/C(=C\F)COc1ccc(C23CCC(C(=O)NCCC(=O)N(C)C)(CC2)CC3)cc1. The van der Waals surface area contributed by atoms with Crippen molar-refractivity contribution in [1.29, 1.82) is 0 Å². The van der Waals surface area contributed by atoms with Crippen LogP contribution in [-0.4, -0.2) is 44.0 Å². The van der Waals surface area contributed by atoms with E-state index in [0.29, 0.717) is 31.3 Å². The first-order valence-corrected chi connectivity index (χ1v) is 11.3. The molecular weight excluding hydrogens is 395 g/mol. The molecule has 1 aromatic rings. The van der Waals surface area contributed by atoms with Crippen molar-refractivity contribution in [3.8, 4) is 5.75 Å². The Hall–Kier alpha value is -2.37. The highest BCUT2D eigenvalue weighted by Gasteiger charge is 2.52. The largest absolute Gasteiger partial charge is 0.489 e. The number of nitrogens with one attached hydrogen (secondary N) is 1. The maximum Gasteiger partial charge on any atom is 0.226 e. The summed E-state index contributed by atoms with van der Waals surface area (Å²) >= 11 is 0. The normalized spacial score (nSPS) is 25.2. The van der Waals surface area contributed by atoms with E-state index >= 15 is 0 Å². The number of ether oxygens (including phenoxy) is 1. The summed E-state index contributed by atoms with van der Waals surface area (Å²) < 4.78 is 18.4. The number of hydrogen-bond acceptors (Lipinski definition) is 3. The minimum atomic E-state index is -0.277. The van der Waals surface area contributed by atoms with Crippen LogP contribution in [0.4, 0.5) is 4.39 Å². The molecule has 2 bridgehead atoms. The van der Waals surface area contributed by atoms with Crippen LogP contribution in [0.3, 0.4) is 0 Å². The van der Waals surface area contributed by atoms with Gasteiger partial charge in [0.2, 0.25) is 11.8 Å². The predicted octanol–water partition coefficient (Wildman–Crippen LogP) is 4.52. The van der Waals surface area contributed by atoms with Gasteiger partial charge in [-0.2, -0.15) is 0 Å².